The molecule has 2 atom stereocenters. The second-order valence-electron chi connectivity index (χ2n) is 9.35. The minimum absolute atomic E-state index is 0.0309. The molecule has 0 bridgehead atoms. The zero-order valence-electron chi connectivity index (χ0n) is 19.5. The summed E-state index contributed by atoms with van der Waals surface area (Å²) in [5.74, 6) is -0.821. The number of nitrogens with zero attached hydrogens (tertiary/aromatic N) is 2. The number of aryl methyl sites for hydroxylation is 1. The number of anilines is 1. The van der Waals surface area contributed by atoms with Gasteiger partial charge in [0.25, 0.3) is 0 Å². The zero-order chi connectivity index (χ0) is 23.6. The van der Waals surface area contributed by atoms with Gasteiger partial charge in [-0.15, -0.1) is 0 Å². The summed E-state index contributed by atoms with van der Waals surface area (Å²) in [6.07, 6.45) is 1.50. The molecule has 3 heterocycles. The molecule has 168 valence electrons. The summed E-state index contributed by atoms with van der Waals surface area (Å²) in [5, 5.41) is 10.2. The van der Waals surface area contributed by atoms with E-state index in [0.29, 0.717) is 5.56 Å². The Labute approximate surface area is 188 Å². The molecule has 1 spiro atoms. The topological polar surface area (TPSA) is 106 Å². The molecule has 2 N–H and O–H groups in total. The number of nitriles is 1. The van der Waals surface area contributed by atoms with Crippen molar-refractivity contribution in [1.82, 2.24) is 0 Å². The number of amides is 1. The molecular weight excluding hydrogens is 406 g/mol. The van der Waals surface area contributed by atoms with Crippen LogP contribution in [0.2, 0.25) is 0 Å². The molecule has 0 aliphatic carbocycles. The lowest BCUT2D eigenvalue weighted by Gasteiger charge is -2.44. The number of hydrogen-bond acceptors (Lipinski definition) is 6. The Balaban J connectivity index is 2.19. The van der Waals surface area contributed by atoms with E-state index in [1.54, 1.807) is 18.7 Å². The van der Waals surface area contributed by atoms with E-state index in [1.165, 1.54) is 0 Å². The molecule has 7 nitrogen and oxygen atoms in total. The first-order chi connectivity index (χ1) is 15.1. The minimum Gasteiger partial charge on any atom is -0.462 e. The highest BCUT2D eigenvalue weighted by Gasteiger charge is 2.65. The first-order valence-electron chi connectivity index (χ1n) is 11.0. The van der Waals surface area contributed by atoms with Crippen molar-refractivity contribution >= 4 is 17.6 Å². The van der Waals surface area contributed by atoms with Crippen molar-refractivity contribution in [3.8, 4) is 6.07 Å². The Morgan fingerprint density at radius 2 is 2.06 bits per heavy atom. The molecular formula is C25H29N3O4. The Hall–Kier alpha value is -3.27. The average Bonchev–Trinajstić information content (AvgIpc) is 2.96. The Morgan fingerprint density at radius 1 is 1.38 bits per heavy atom. The van der Waals surface area contributed by atoms with Gasteiger partial charge in [0.05, 0.1) is 12.3 Å². The number of ether oxygens (including phenoxy) is 2. The number of rotatable bonds is 3. The first kappa shape index (κ1) is 21.9. The van der Waals surface area contributed by atoms with Crippen LogP contribution in [0, 0.1) is 11.3 Å². The van der Waals surface area contributed by atoms with Crippen molar-refractivity contribution in [2.45, 2.75) is 71.3 Å². The molecule has 32 heavy (non-hydrogen) atoms. The second-order valence-corrected chi connectivity index (χ2v) is 9.35. The van der Waals surface area contributed by atoms with E-state index in [4.69, 9.17) is 15.2 Å². The van der Waals surface area contributed by atoms with Gasteiger partial charge in [-0.1, -0.05) is 26.0 Å². The van der Waals surface area contributed by atoms with E-state index in [-0.39, 0.29) is 41.2 Å². The fourth-order valence-corrected chi connectivity index (χ4v) is 5.71. The molecule has 3 aliphatic heterocycles. The maximum atomic E-state index is 14.4. The van der Waals surface area contributed by atoms with Crippen molar-refractivity contribution in [3.63, 3.8) is 0 Å². The molecule has 7 heteroatoms. The summed E-state index contributed by atoms with van der Waals surface area (Å²) in [6, 6.07) is 6.18. The monoisotopic (exact) mass is 435 g/mol. The van der Waals surface area contributed by atoms with Crippen LogP contribution in [-0.4, -0.2) is 24.0 Å². The number of nitrogens with two attached hydrogens (primary N) is 1. The molecule has 0 saturated heterocycles. The lowest BCUT2D eigenvalue weighted by Crippen LogP contribution is -2.55. The minimum atomic E-state index is -1.69. The van der Waals surface area contributed by atoms with Crippen molar-refractivity contribution in [2.24, 2.45) is 5.73 Å². The molecule has 0 saturated carbocycles. The predicted octanol–water partition coefficient (Wildman–Crippen LogP) is 3.68. The van der Waals surface area contributed by atoms with Gasteiger partial charge in [0.15, 0.2) is 5.41 Å². The van der Waals surface area contributed by atoms with E-state index in [0.717, 1.165) is 29.7 Å². The molecule has 3 aliphatic rings. The van der Waals surface area contributed by atoms with Crippen LogP contribution < -0.4 is 10.6 Å². The van der Waals surface area contributed by atoms with Crippen LogP contribution in [-0.2, 0) is 30.9 Å². The summed E-state index contributed by atoms with van der Waals surface area (Å²) in [6.45, 7) is 11.6. The SMILES string of the molecule is CCOC(=O)C1=C(C)OC(N)=C(C#N)C12C(=O)N1c3c(cc(CC)cc32)C(C)CC1(C)C. The van der Waals surface area contributed by atoms with Gasteiger partial charge < -0.3 is 20.1 Å². The smallest absolute Gasteiger partial charge is 0.339 e. The highest BCUT2D eigenvalue weighted by atomic mass is 16.5. The maximum Gasteiger partial charge on any atom is 0.339 e. The molecule has 1 amide bonds. The standard InChI is InChI=1S/C25H29N3O4/c1-7-15-9-16-13(3)11-24(5,6)28-20(16)17(10-15)25(23(28)30)18(12-26)21(27)32-14(4)19(25)22(29)31-8-2/h9-10,13H,7-8,11,27H2,1-6H3. The van der Waals surface area contributed by atoms with E-state index in [9.17, 15) is 14.9 Å². The molecule has 1 aromatic carbocycles. The van der Waals surface area contributed by atoms with Gasteiger partial charge in [-0.3, -0.25) is 4.79 Å². The van der Waals surface area contributed by atoms with Crippen molar-refractivity contribution in [1.29, 1.82) is 5.26 Å². The van der Waals surface area contributed by atoms with Crippen molar-refractivity contribution in [2.75, 3.05) is 11.5 Å². The fraction of sp³-hybridized carbons (Fsp3) is 0.480. The van der Waals surface area contributed by atoms with Crippen LogP contribution in [0.15, 0.2) is 34.9 Å². The summed E-state index contributed by atoms with van der Waals surface area (Å²) in [7, 11) is 0. The maximum absolute atomic E-state index is 14.4. The molecule has 0 radical (unpaired) electrons. The normalized spacial score (nSPS) is 25.6. The number of benzene rings is 1. The molecule has 0 fully saturated rings. The largest absolute Gasteiger partial charge is 0.462 e. The highest BCUT2D eigenvalue weighted by molar-refractivity contribution is 6.20. The Bertz CT molecular complexity index is 1150. The van der Waals surface area contributed by atoms with Gasteiger partial charge in [0.1, 0.15) is 23.0 Å². The van der Waals surface area contributed by atoms with Gasteiger partial charge in [0, 0.05) is 11.1 Å². The lowest BCUT2D eigenvalue weighted by molar-refractivity contribution is -0.141. The predicted molar refractivity (Wildman–Crippen MR) is 119 cm³/mol. The van der Waals surface area contributed by atoms with Gasteiger partial charge in [-0.2, -0.15) is 5.26 Å². The van der Waals surface area contributed by atoms with Gasteiger partial charge >= 0.3 is 5.97 Å². The quantitative estimate of drug-likeness (QED) is 0.726. The van der Waals surface area contributed by atoms with E-state index >= 15 is 0 Å². The fourth-order valence-electron chi connectivity index (χ4n) is 5.71. The molecule has 2 unspecified atom stereocenters. The lowest BCUT2D eigenvalue weighted by atomic mass is 9.67. The van der Waals surface area contributed by atoms with Gasteiger partial charge in [0.2, 0.25) is 11.8 Å². The zero-order valence-corrected chi connectivity index (χ0v) is 19.5. The van der Waals surface area contributed by atoms with Crippen LogP contribution in [0.25, 0.3) is 0 Å². The molecule has 4 rings (SSSR count). The van der Waals surface area contributed by atoms with E-state index in [2.05, 4.69) is 19.1 Å². The number of fused-ring (bicyclic) bond motifs is 1. The van der Waals surface area contributed by atoms with E-state index < -0.39 is 16.9 Å². The number of allylic oxidation sites excluding steroid dienone is 1. The van der Waals surface area contributed by atoms with Crippen molar-refractivity contribution in [3.05, 3.63) is 51.6 Å². The first-order valence-corrected chi connectivity index (χ1v) is 11.0. The number of carbonyl (C=O) groups excluding carboxylic acids is 2. The van der Waals surface area contributed by atoms with Crippen molar-refractivity contribution < 1.29 is 19.1 Å². The summed E-state index contributed by atoms with van der Waals surface area (Å²) in [5.41, 5.74) is 7.39. The van der Waals surface area contributed by atoms with Crippen LogP contribution in [0.4, 0.5) is 5.69 Å². The van der Waals surface area contributed by atoms with Gasteiger partial charge in [-0.05, 0) is 57.6 Å². The number of carbonyl (C=O) groups is 2. The molecule has 0 aromatic heterocycles. The second kappa shape index (κ2) is 7.13. The number of esters is 1. The van der Waals surface area contributed by atoms with Crippen LogP contribution in [0.3, 0.4) is 0 Å². The Kier molecular flexibility index (Phi) is 4.89. The molecule has 1 aromatic rings. The van der Waals surface area contributed by atoms with Crippen LogP contribution in [0.5, 0.6) is 0 Å². The Morgan fingerprint density at radius 3 is 2.66 bits per heavy atom. The van der Waals surface area contributed by atoms with E-state index in [1.807, 2.05) is 26.8 Å². The number of hydrogen-bond donors (Lipinski definition) is 1. The summed E-state index contributed by atoms with van der Waals surface area (Å²) < 4.78 is 11.0. The third-order valence-electron chi connectivity index (χ3n) is 6.90. The third-order valence-corrected chi connectivity index (χ3v) is 6.90. The van der Waals surface area contributed by atoms with Crippen LogP contribution in [0.1, 0.15) is 70.6 Å². The highest BCUT2D eigenvalue weighted by Crippen LogP contribution is 2.60. The average molecular weight is 436 g/mol. The third kappa shape index (κ3) is 2.59. The van der Waals surface area contributed by atoms with Gasteiger partial charge in [-0.25, -0.2) is 4.79 Å². The summed E-state index contributed by atoms with van der Waals surface area (Å²) in [4.78, 5) is 29.5. The van der Waals surface area contributed by atoms with Crippen LogP contribution >= 0.6 is 0 Å². The summed E-state index contributed by atoms with van der Waals surface area (Å²) >= 11 is 0.